The van der Waals surface area contributed by atoms with Gasteiger partial charge in [0.15, 0.2) is 6.23 Å². The van der Waals surface area contributed by atoms with Gasteiger partial charge in [0.25, 0.3) is 0 Å². The quantitative estimate of drug-likeness (QED) is 0.493. The van der Waals surface area contributed by atoms with Gasteiger partial charge in [-0.05, 0) is 23.6 Å². The predicted octanol–water partition coefficient (Wildman–Crippen LogP) is 0.188. The zero-order valence-corrected chi connectivity index (χ0v) is 15.7. The van der Waals surface area contributed by atoms with E-state index in [-0.39, 0.29) is 0 Å². The van der Waals surface area contributed by atoms with E-state index in [4.69, 9.17) is 10.5 Å². The summed E-state index contributed by atoms with van der Waals surface area (Å²) in [6.45, 7) is 1.07. The molecule has 9 nitrogen and oxygen atoms in total. The molecule has 1 aromatic carbocycles. The van der Waals surface area contributed by atoms with Gasteiger partial charge in [-0.15, -0.1) is 0 Å². The van der Waals surface area contributed by atoms with Crippen LogP contribution in [0.5, 0.6) is 0 Å². The molecule has 0 saturated carbocycles. The Morgan fingerprint density at radius 3 is 2.69 bits per heavy atom. The molecule has 4 atom stereocenters. The maximum absolute atomic E-state index is 10.6. The number of ether oxygens (including phenoxy) is 1. The van der Waals surface area contributed by atoms with Crippen LogP contribution in [0.1, 0.15) is 17.4 Å². The molecule has 29 heavy (non-hydrogen) atoms. The lowest BCUT2D eigenvalue weighted by Crippen LogP contribution is -2.35. The highest BCUT2D eigenvalue weighted by Crippen LogP contribution is 2.39. The van der Waals surface area contributed by atoms with Crippen molar-refractivity contribution in [3.05, 3.63) is 47.8 Å². The number of anilines is 2. The molecule has 152 valence electrons. The van der Waals surface area contributed by atoms with Crippen molar-refractivity contribution in [1.29, 1.82) is 0 Å². The van der Waals surface area contributed by atoms with Crippen LogP contribution >= 0.6 is 0 Å². The molecular formula is C20H23N5O4. The molecule has 1 saturated heterocycles. The first kappa shape index (κ1) is 18.3. The third-order valence-corrected chi connectivity index (χ3v) is 5.87. The first-order chi connectivity index (χ1) is 14.1. The monoisotopic (exact) mass is 397 g/mol. The van der Waals surface area contributed by atoms with Crippen molar-refractivity contribution in [2.24, 2.45) is 0 Å². The molecule has 2 aromatic heterocycles. The average molecular weight is 397 g/mol. The van der Waals surface area contributed by atoms with Gasteiger partial charge in [-0.1, -0.05) is 24.3 Å². The van der Waals surface area contributed by atoms with Gasteiger partial charge in [0.05, 0.1) is 12.0 Å². The van der Waals surface area contributed by atoms with Crippen molar-refractivity contribution in [2.75, 3.05) is 23.8 Å². The van der Waals surface area contributed by atoms with E-state index in [0.717, 1.165) is 18.8 Å². The number of hydrogen-bond acceptors (Lipinski definition) is 8. The van der Waals surface area contributed by atoms with Gasteiger partial charge in [-0.3, -0.25) is 4.57 Å². The summed E-state index contributed by atoms with van der Waals surface area (Å²) in [5.74, 6) is 1.11. The fourth-order valence-electron chi connectivity index (χ4n) is 4.32. The summed E-state index contributed by atoms with van der Waals surface area (Å²) in [6, 6.07) is 10.2. The molecular weight excluding hydrogens is 374 g/mol. The topological polar surface area (TPSA) is 130 Å². The number of fused-ring (bicyclic) bond motifs is 2. The van der Waals surface area contributed by atoms with E-state index in [1.165, 1.54) is 17.5 Å². The first-order valence-corrected chi connectivity index (χ1v) is 9.64. The molecule has 1 unspecified atom stereocenters. The number of aliphatic hydroxyl groups excluding tert-OH is 3. The zero-order chi connectivity index (χ0) is 20.1. The summed E-state index contributed by atoms with van der Waals surface area (Å²) in [5, 5.41) is 31.1. The van der Waals surface area contributed by atoms with E-state index in [2.05, 4.69) is 27.0 Å². The molecule has 9 heteroatoms. The molecule has 2 aliphatic rings. The van der Waals surface area contributed by atoms with Gasteiger partial charge in [-0.2, -0.15) is 0 Å². The number of aromatic nitrogens is 3. The molecule has 0 aliphatic carbocycles. The lowest BCUT2D eigenvalue weighted by molar-refractivity contribution is -0.0502. The van der Waals surface area contributed by atoms with Crippen LogP contribution in [0.2, 0.25) is 0 Å². The van der Waals surface area contributed by atoms with E-state index in [0.29, 0.717) is 23.4 Å². The van der Waals surface area contributed by atoms with Gasteiger partial charge in [0, 0.05) is 13.1 Å². The van der Waals surface area contributed by atoms with Crippen LogP contribution < -0.4 is 10.6 Å². The minimum Gasteiger partial charge on any atom is -0.394 e. The molecule has 2 aliphatic heterocycles. The highest BCUT2D eigenvalue weighted by molar-refractivity contribution is 5.90. The standard InChI is InChI=1S/C20H23N5O4/c21-18-13-7-15(24-6-5-11-3-1-2-4-12(11)8-24)25(19(13)23-10-22-18)20-17(28)16(27)14(9-26)29-20/h1-4,7,10,14,16-17,20,26-28H,5-6,8-9H2,(H2,21,22,23)/t14?,16-,17-,20-/m1/s1. The van der Waals surface area contributed by atoms with Gasteiger partial charge in [0.1, 0.15) is 41.9 Å². The fourth-order valence-corrected chi connectivity index (χ4v) is 4.32. The smallest absolute Gasteiger partial charge is 0.166 e. The minimum absolute atomic E-state index is 0.333. The van der Waals surface area contributed by atoms with E-state index >= 15 is 0 Å². The molecule has 4 heterocycles. The summed E-state index contributed by atoms with van der Waals surface area (Å²) >= 11 is 0. The van der Waals surface area contributed by atoms with Crippen molar-refractivity contribution < 1.29 is 20.1 Å². The summed E-state index contributed by atoms with van der Waals surface area (Å²) < 4.78 is 7.57. The van der Waals surface area contributed by atoms with Crippen molar-refractivity contribution in [3.63, 3.8) is 0 Å². The second-order valence-electron chi connectivity index (χ2n) is 7.54. The number of aliphatic hydroxyl groups is 3. The van der Waals surface area contributed by atoms with Crippen LogP contribution in [0.15, 0.2) is 36.7 Å². The van der Waals surface area contributed by atoms with Gasteiger partial charge >= 0.3 is 0 Å². The number of hydrogen-bond donors (Lipinski definition) is 4. The largest absolute Gasteiger partial charge is 0.394 e. The fraction of sp³-hybridized carbons (Fsp3) is 0.400. The van der Waals surface area contributed by atoms with Crippen LogP contribution in [0, 0.1) is 0 Å². The Morgan fingerprint density at radius 1 is 1.14 bits per heavy atom. The zero-order valence-electron chi connectivity index (χ0n) is 15.7. The molecule has 1 fully saturated rings. The highest BCUT2D eigenvalue weighted by atomic mass is 16.6. The number of nitrogens with two attached hydrogens (primary N) is 1. The van der Waals surface area contributed by atoms with Gasteiger partial charge in [-0.25, -0.2) is 9.97 Å². The van der Waals surface area contributed by atoms with Crippen molar-refractivity contribution in [1.82, 2.24) is 14.5 Å². The molecule has 0 spiro atoms. The average Bonchev–Trinajstić information content (AvgIpc) is 3.26. The van der Waals surface area contributed by atoms with Crippen molar-refractivity contribution >= 4 is 22.7 Å². The Bertz CT molecular complexity index is 1050. The second kappa shape index (κ2) is 6.96. The Hall–Kier alpha value is -2.72. The number of benzene rings is 1. The highest BCUT2D eigenvalue weighted by Gasteiger charge is 2.45. The molecule has 0 radical (unpaired) electrons. The maximum Gasteiger partial charge on any atom is 0.166 e. The Kier molecular flexibility index (Phi) is 4.39. The number of nitrogens with zero attached hydrogens (tertiary/aromatic N) is 4. The van der Waals surface area contributed by atoms with Crippen LogP contribution in [0.4, 0.5) is 11.6 Å². The molecule has 5 N–H and O–H groups in total. The molecule has 5 rings (SSSR count). The Balaban J connectivity index is 1.63. The number of nitrogen functional groups attached to an aromatic ring is 1. The summed E-state index contributed by atoms with van der Waals surface area (Å²) in [6.07, 6.45) is -1.94. The minimum atomic E-state index is -1.21. The normalized spacial score (nSPS) is 26.8. The third-order valence-electron chi connectivity index (χ3n) is 5.87. The van der Waals surface area contributed by atoms with Crippen molar-refractivity contribution in [2.45, 2.75) is 37.5 Å². The van der Waals surface area contributed by atoms with E-state index in [1.807, 2.05) is 18.2 Å². The maximum atomic E-state index is 10.6. The molecule has 0 bridgehead atoms. The van der Waals surface area contributed by atoms with Crippen LogP contribution in [0.25, 0.3) is 11.0 Å². The number of rotatable bonds is 3. The summed E-state index contributed by atoms with van der Waals surface area (Å²) in [7, 11) is 0. The van der Waals surface area contributed by atoms with Crippen molar-refractivity contribution in [3.8, 4) is 0 Å². The van der Waals surface area contributed by atoms with E-state index in [1.54, 1.807) is 4.57 Å². The Morgan fingerprint density at radius 2 is 1.93 bits per heavy atom. The summed E-state index contributed by atoms with van der Waals surface area (Å²) in [4.78, 5) is 10.6. The van der Waals surface area contributed by atoms with Crippen LogP contribution in [-0.2, 0) is 17.7 Å². The molecule has 3 aromatic rings. The second-order valence-corrected chi connectivity index (χ2v) is 7.54. The van der Waals surface area contributed by atoms with Crippen LogP contribution in [-0.4, -0.2) is 61.3 Å². The van der Waals surface area contributed by atoms with E-state index < -0.39 is 31.1 Å². The van der Waals surface area contributed by atoms with Crippen LogP contribution in [0.3, 0.4) is 0 Å². The van der Waals surface area contributed by atoms with Gasteiger partial charge in [0.2, 0.25) is 0 Å². The summed E-state index contributed by atoms with van der Waals surface area (Å²) in [5.41, 5.74) is 9.15. The predicted molar refractivity (Wildman–Crippen MR) is 106 cm³/mol. The lowest BCUT2D eigenvalue weighted by atomic mass is 10.00. The van der Waals surface area contributed by atoms with E-state index in [9.17, 15) is 15.3 Å². The SMILES string of the molecule is Nc1ncnc2c1cc(N1CCc3ccccc3C1)n2[C@@H]1OC(CO)[C@@H](O)[C@H]1O. The Labute approximate surface area is 167 Å². The third kappa shape index (κ3) is 2.85. The lowest BCUT2D eigenvalue weighted by Gasteiger charge is -2.33. The molecule has 0 amide bonds. The first-order valence-electron chi connectivity index (χ1n) is 9.64. The van der Waals surface area contributed by atoms with Gasteiger partial charge < -0.3 is 30.7 Å².